The Kier molecular flexibility index (Phi) is 3.02. The van der Waals surface area contributed by atoms with Crippen LogP contribution in [0.3, 0.4) is 0 Å². The first kappa shape index (κ1) is 13.8. The summed E-state index contributed by atoms with van der Waals surface area (Å²) in [6.45, 7) is 0. The van der Waals surface area contributed by atoms with Gasteiger partial charge in [0, 0.05) is 22.2 Å². The summed E-state index contributed by atoms with van der Waals surface area (Å²) in [5.74, 6) is -0.303. The summed E-state index contributed by atoms with van der Waals surface area (Å²) in [4.78, 5) is 12.0. The third-order valence-electron chi connectivity index (χ3n) is 5.11. The van der Waals surface area contributed by atoms with Gasteiger partial charge in [0.2, 0.25) is 0 Å². The van der Waals surface area contributed by atoms with Crippen molar-refractivity contribution in [2.24, 2.45) is 5.92 Å². The fourth-order valence-electron chi connectivity index (χ4n) is 4.05. The van der Waals surface area contributed by atoms with Gasteiger partial charge in [-0.2, -0.15) is 0 Å². The second-order valence-electron chi connectivity index (χ2n) is 6.01. The number of hydrogen-bond acceptors (Lipinski definition) is 3. The Morgan fingerprint density at radius 3 is 2.50 bits per heavy atom. The van der Waals surface area contributed by atoms with Crippen molar-refractivity contribution in [3.8, 4) is 0 Å². The van der Waals surface area contributed by atoms with E-state index in [9.17, 15) is 9.36 Å². The van der Waals surface area contributed by atoms with E-state index in [4.69, 9.17) is 4.74 Å². The molecule has 112 valence electrons. The molecule has 1 aliphatic heterocycles. The van der Waals surface area contributed by atoms with Crippen molar-refractivity contribution in [3.05, 3.63) is 60.2 Å². The maximum absolute atomic E-state index is 13.9. The van der Waals surface area contributed by atoms with Crippen LogP contribution in [0.4, 0.5) is 0 Å². The Morgan fingerprint density at radius 1 is 1.09 bits per heavy atom. The van der Waals surface area contributed by atoms with E-state index in [1.54, 1.807) is 0 Å². The van der Waals surface area contributed by atoms with Crippen molar-refractivity contribution < 1.29 is 14.1 Å². The lowest BCUT2D eigenvalue weighted by molar-refractivity contribution is -0.149. The van der Waals surface area contributed by atoms with E-state index in [2.05, 4.69) is 0 Å². The maximum atomic E-state index is 13.9. The zero-order valence-corrected chi connectivity index (χ0v) is 13.2. The lowest BCUT2D eigenvalue weighted by atomic mass is 9.70. The minimum atomic E-state index is -2.67. The molecule has 2 aromatic rings. The SMILES string of the molecule is COC(=O)C1CC2C1c1ccccc1P2(=O)c1ccccc1. The number of rotatable bonds is 2. The van der Waals surface area contributed by atoms with Crippen LogP contribution in [0, 0.1) is 5.92 Å². The molecule has 0 amide bonds. The van der Waals surface area contributed by atoms with E-state index in [0.29, 0.717) is 6.42 Å². The van der Waals surface area contributed by atoms with E-state index < -0.39 is 7.14 Å². The van der Waals surface area contributed by atoms with Crippen molar-refractivity contribution >= 4 is 23.7 Å². The Morgan fingerprint density at radius 2 is 1.77 bits per heavy atom. The fraction of sp³-hybridized carbons (Fsp3) is 0.278. The van der Waals surface area contributed by atoms with Crippen LogP contribution >= 0.6 is 7.14 Å². The summed E-state index contributed by atoms with van der Waals surface area (Å²) in [7, 11) is -1.24. The minimum Gasteiger partial charge on any atom is -0.469 e. The molecular formula is C18H17O3P. The van der Waals surface area contributed by atoms with E-state index in [1.165, 1.54) is 7.11 Å². The highest BCUT2D eigenvalue weighted by Crippen LogP contribution is 2.69. The first-order chi connectivity index (χ1) is 10.7. The normalized spacial score (nSPS) is 31.8. The topological polar surface area (TPSA) is 43.4 Å². The molecule has 4 atom stereocenters. The summed E-state index contributed by atoms with van der Waals surface area (Å²) in [5.41, 5.74) is 1.11. The van der Waals surface area contributed by atoms with E-state index in [-0.39, 0.29) is 23.5 Å². The Hall–Kier alpha value is -1.86. The molecule has 2 aliphatic rings. The number of carbonyl (C=O) groups excluding carboxylic acids is 1. The quantitative estimate of drug-likeness (QED) is 0.632. The van der Waals surface area contributed by atoms with Gasteiger partial charge in [-0.3, -0.25) is 4.79 Å². The predicted octanol–water partition coefficient (Wildman–Crippen LogP) is 2.66. The van der Waals surface area contributed by atoms with Crippen LogP contribution in [0.25, 0.3) is 0 Å². The number of carbonyl (C=O) groups is 1. The number of esters is 1. The van der Waals surface area contributed by atoms with Gasteiger partial charge in [0.1, 0.15) is 7.14 Å². The Labute approximate surface area is 129 Å². The number of benzene rings is 2. The van der Waals surface area contributed by atoms with Crippen molar-refractivity contribution in [2.75, 3.05) is 7.11 Å². The molecule has 0 N–H and O–H groups in total. The number of ether oxygens (including phenoxy) is 1. The fourth-order valence-corrected chi connectivity index (χ4v) is 7.94. The van der Waals surface area contributed by atoms with Gasteiger partial charge < -0.3 is 9.30 Å². The minimum absolute atomic E-state index is 0.0367. The smallest absolute Gasteiger partial charge is 0.309 e. The second-order valence-corrected chi connectivity index (χ2v) is 8.99. The highest BCUT2D eigenvalue weighted by atomic mass is 31.2. The van der Waals surface area contributed by atoms with Gasteiger partial charge in [0.25, 0.3) is 0 Å². The van der Waals surface area contributed by atoms with Crippen LogP contribution in [-0.4, -0.2) is 18.7 Å². The lowest BCUT2D eigenvalue weighted by Crippen LogP contribution is -2.42. The molecule has 4 rings (SSSR count). The second kappa shape index (κ2) is 4.82. The zero-order valence-electron chi connectivity index (χ0n) is 12.3. The predicted molar refractivity (Wildman–Crippen MR) is 86.4 cm³/mol. The molecule has 2 aromatic carbocycles. The average Bonchev–Trinajstić information content (AvgIpc) is 2.73. The molecule has 0 bridgehead atoms. The molecule has 0 spiro atoms. The zero-order chi connectivity index (χ0) is 15.3. The van der Waals surface area contributed by atoms with Crippen LogP contribution in [0.5, 0.6) is 0 Å². The van der Waals surface area contributed by atoms with Crippen LogP contribution in [-0.2, 0) is 14.1 Å². The molecule has 0 aromatic heterocycles. The molecule has 4 heteroatoms. The summed E-state index contributed by atoms with van der Waals surface area (Å²) < 4.78 is 18.9. The van der Waals surface area contributed by atoms with E-state index in [0.717, 1.165) is 16.2 Å². The van der Waals surface area contributed by atoms with Gasteiger partial charge in [-0.25, -0.2) is 0 Å². The molecule has 0 radical (unpaired) electrons. The highest BCUT2D eigenvalue weighted by molar-refractivity contribution is 7.80. The van der Waals surface area contributed by atoms with Gasteiger partial charge in [0.05, 0.1) is 13.0 Å². The molecule has 1 aliphatic carbocycles. The molecule has 0 saturated heterocycles. The monoisotopic (exact) mass is 312 g/mol. The molecular weight excluding hydrogens is 295 g/mol. The number of fused-ring (bicyclic) bond motifs is 3. The largest absolute Gasteiger partial charge is 0.469 e. The first-order valence-electron chi connectivity index (χ1n) is 7.50. The van der Waals surface area contributed by atoms with Gasteiger partial charge in [-0.05, 0) is 12.0 Å². The van der Waals surface area contributed by atoms with Gasteiger partial charge in [0.15, 0.2) is 0 Å². The van der Waals surface area contributed by atoms with Crippen LogP contribution in [0.1, 0.15) is 17.9 Å². The maximum Gasteiger partial charge on any atom is 0.309 e. The number of hydrogen-bond donors (Lipinski definition) is 0. The summed E-state index contributed by atoms with van der Waals surface area (Å²) in [6, 6.07) is 17.6. The summed E-state index contributed by atoms with van der Waals surface area (Å²) >= 11 is 0. The highest BCUT2D eigenvalue weighted by Gasteiger charge is 2.61. The summed E-state index contributed by atoms with van der Waals surface area (Å²) in [5, 5.41) is 1.83. The van der Waals surface area contributed by atoms with Crippen LogP contribution < -0.4 is 10.6 Å². The third kappa shape index (κ3) is 1.63. The molecule has 22 heavy (non-hydrogen) atoms. The van der Waals surface area contributed by atoms with Gasteiger partial charge in [-0.15, -0.1) is 0 Å². The summed E-state index contributed by atoms with van der Waals surface area (Å²) in [6.07, 6.45) is 0.651. The first-order valence-corrected chi connectivity index (χ1v) is 9.28. The molecule has 1 saturated carbocycles. The van der Waals surface area contributed by atoms with Crippen LogP contribution in [0.2, 0.25) is 0 Å². The molecule has 3 nitrogen and oxygen atoms in total. The standard InChI is InChI=1S/C18H17O3P/c1-21-18(19)14-11-16-17(14)13-9-5-6-10-15(13)22(16,20)12-7-3-2-4-8-12/h2-10,14,16-17H,11H2,1H3. The Balaban J connectivity index is 1.87. The lowest BCUT2D eigenvalue weighted by Gasteiger charge is -2.40. The number of methoxy groups -OCH3 is 1. The van der Waals surface area contributed by atoms with Crippen LogP contribution in [0.15, 0.2) is 54.6 Å². The Bertz CT molecular complexity index is 784. The molecule has 4 unspecified atom stereocenters. The molecule has 1 heterocycles. The average molecular weight is 312 g/mol. The van der Waals surface area contributed by atoms with Crippen molar-refractivity contribution in [2.45, 2.75) is 18.0 Å². The van der Waals surface area contributed by atoms with E-state index >= 15 is 0 Å². The van der Waals surface area contributed by atoms with Crippen molar-refractivity contribution in [1.82, 2.24) is 0 Å². The third-order valence-corrected chi connectivity index (χ3v) is 8.76. The van der Waals surface area contributed by atoms with Gasteiger partial charge in [-0.1, -0.05) is 54.6 Å². The van der Waals surface area contributed by atoms with Gasteiger partial charge >= 0.3 is 5.97 Å². The van der Waals surface area contributed by atoms with Crippen molar-refractivity contribution in [1.29, 1.82) is 0 Å². The molecule has 1 fully saturated rings. The van der Waals surface area contributed by atoms with Crippen molar-refractivity contribution in [3.63, 3.8) is 0 Å². The van der Waals surface area contributed by atoms with E-state index in [1.807, 2.05) is 54.6 Å².